The molecule has 11 nitrogen and oxygen atoms in total. The first-order valence-electron chi connectivity index (χ1n) is 17.8. The summed E-state index contributed by atoms with van der Waals surface area (Å²) in [6, 6.07) is 27.2. The van der Waals surface area contributed by atoms with Crippen molar-refractivity contribution in [1.82, 2.24) is 9.80 Å². The number of aromatic carboxylic acids is 1. The molecule has 3 amide bonds. The summed E-state index contributed by atoms with van der Waals surface area (Å²) < 4.78 is 19.2. The van der Waals surface area contributed by atoms with Gasteiger partial charge in [0, 0.05) is 31.7 Å². The first-order valence-corrected chi connectivity index (χ1v) is 17.8. The number of nitrogens with zero attached hydrogens (tertiary/aromatic N) is 2. The number of carbonyl (C=O) groups is 3. The molecule has 3 aliphatic heterocycles. The monoisotopic (exact) mass is 723 g/mol. The Morgan fingerprint density at radius 2 is 1.51 bits per heavy atom. The third-order valence-corrected chi connectivity index (χ3v) is 11.0. The minimum atomic E-state index is -1.30. The van der Waals surface area contributed by atoms with Gasteiger partial charge in [0.15, 0.2) is 0 Å². The summed E-state index contributed by atoms with van der Waals surface area (Å²) >= 11 is 0. The third kappa shape index (κ3) is 7.15. The molecule has 3 saturated heterocycles. The van der Waals surface area contributed by atoms with Crippen molar-refractivity contribution in [2.75, 3.05) is 18.4 Å². The lowest BCUT2D eigenvalue weighted by Gasteiger charge is -2.59. The molecule has 3 heterocycles. The number of benzene rings is 4. The minimum Gasteiger partial charge on any atom is -0.478 e. The first-order chi connectivity index (χ1) is 25.4. The number of ether oxygens (including phenoxy) is 1. The van der Waals surface area contributed by atoms with E-state index in [-0.39, 0.29) is 23.5 Å². The van der Waals surface area contributed by atoms with Crippen LogP contribution in [-0.2, 0) is 22.5 Å². The third-order valence-electron chi connectivity index (χ3n) is 11.0. The Bertz CT molecular complexity index is 1960. The van der Waals surface area contributed by atoms with E-state index in [4.69, 9.17) is 4.74 Å². The van der Waals surface area contributed by atoms with Crippen molar-refractivity contribution in [3.05, 3.63) is 125 Å². The molecule has 53 heavy (non-hydrogen) atoms. The normalized spacial score (nSPS) is 25.2. The summed E-state index contributed by atoms with van der Waals surface area (Å²) in [4.78, 5) is 42.4. The van der Waals surface area contributed by atoms with Gasteiger partial charge in [-0.2, -0.15) is 0 Å². The number of β-lactam (4-membered cyclic amide) rings is 1. The van der Waals surface area contributed by atoms with Gasteiger partial charge < -0.3 is 40.3 Å². The van der Waals surface area contributed by atoms with Gasteiger partial charge in [0.1, 0.15) is 24.1 Å². The quantitative estimate of drug-likeness (QED) is 0.159. The number of carboxylic acids is 1. The second-order valence-corrected chi connectivity index (χ2v) is 14.3. The fraction of sp³-hybridized carbons (Fsp3) is 0.341. The number of rotatable bonds is 8. The second-order valence-electron chi connectivity index (χ2n) is 14.3. The number of piperidine rings is 1. The maximum Gasteiger partial charge on any atom is 0.335 e. The summed E-state index contributed by atoms with van der Waals surface area (Å²) in [7, 11) is 0. The molecule has 0 radical (unpaired) electrons. The minimum absolute atomic E-state index is 0.00339. The molecule has 6 atom stereocenters. The Hall–Kier alpha value is -5.14. The molecular weight excluding hydrogens is 681 g/mol. The largest absolute Gasteiger partial charge is 0.478 e. The number of likely N-dealkylation sites (tertiary alicyclic amines) is 2. The maximum absolute atomic E-state index is 14.2. The molecule has 5 N–H and O–H groups in total. The maximum atomic E-state index is 14.2. The zero-order valence-electron chi connectivity index (χ0n) is 29.1. The van der Waals surface area contributed by atoms with Gasteiger partial charge in [-0.1, -0.05) is 60.7 Å². The van der Waals surface area contributed by atoms with E-state index in [9.17, 15) is 39.2 Å². The predicted octanol–water partition coefficient (Wildman–Crippen LogP) is 5.00. The van der Waals surface area contributed by atoms with Gasteiger partial charge >= 0.3 is 12.0 Å². The Kier molecular flexibility index (Phi) is 10.1. The van der Waals surface area contributed by atoms with E-state index in [2.05, 4.69) is 5.32 Å². The van der Waals surface area contributed by atoms with E-state index < -0.39 is 47.7 Å². The summed E-state index contributed by atoms with van der Waals surface area (Å²) in [5.41, 5.74) is 4.24. The summed E-state index contributed by atoms with van der Waals surface area (Å²) in [6.45, 7) is 2.71. The summed E-state index contributed by atoms with van der Waals surface area (Å²) in [5.74, 6) is -1.40. The second kappa shape index (κ2) is 14.7. The zero-order chi connectivity index (χ0) is 37.4. The van der Waals surface area contributed by atoms with Gasteiger partial charge in [-0.3, -0.25) is 4.79 Å². The van der Waals surface area contributed by atoms with Crippen molar-refractivity contribution >= 4 is 23.6 Å². The molecule has 0 aliphatic carbocycles. The highest BCUT2D eigenvalue weighted by molar-refractivity contribution is 5.93. The molecule has 4 aromatic carbocycles. The molecule has 7 rings (SSSR count). The zero-order valence-corrected chi connectivity index (χ0v) is 29.1. The van der Waals surface area contributed by atoms with Gasteiger partial charge in [0.2, 0.25) is 5.91 Å². The molecule has 3 aliphatic rings. The molecule has 6 unspecified atom stereocenters. The average Bonchev–Trinajstić information content (AvgIpc) is 3.17. The Balaban J connectivity index is 1.09. The van der Waals surface area contributed by atoms with Gasteiger partial charge in [-0.25, -0.2) is 14.0 Å². The molecule has 12 heteroatoms. The molecule has 0 aromatic heterocycles. The standard InChI is InChI=1S/C41H42FN3O8/c1-24-34(46)36(48)35(47)33(53-24)21-25-5-7-26(8-6-25)23-45-37(28-11-9-27(10-12-28)29-3-2-4-30(22-29)38(49)50)41(39(45)51)17-19-44(20-18-41)40(52)43-32-15-13-31(42)14-16-32/h2-16,22,24,33-37,46-48H,17-21,23H2,1H3,(H,43,52)(H,49,50). The van der Waals surface area contributed by atoms with Gasteiger partial charge in [-0.15, -0.1) is 0 Å². The van der Waals surface area contributed by atoms with Crippen molar-refractivity contribution in [3.63, 3.8) is 0 Å². The van der Waals surface area contributed by atoms with Gasteiger partial charge in [0.05, 0.1) is 29.2 Å². The van der Waals surface area contributed by atoms with Crippen LogP contribution in [0.4, 0.5) is 14.9 Å². The lowest BCUT2D eigenvalue weighted by atomic mass is 9.62. The molecule has 3 fully saturated rings. The lowest BCUT2D eigenvalue weighted by molar-refractivity contribution is -0.216. The number of aliphatic hydroxyl groups excluding tert-OH is 3. The van der Waals surface area contributed by atoms with E-state index in [1.807, 2.05) is 59.5 Å². The number of anilines is 1. The molecule has 4 aromatic rings. The van der Waals surface area contributed by atoms with E-state index in [1.54, 1.807) is 30.0 Å². The highest BCUT2D eigenvalue weighted by Gasteiger charge is 2.61. The van der Waals surface area contributed by atoms with Crippen LogP contribution in [0.2, 0.25) is 0 Å². The van der Waals surface area contributed by atoms with Crippen molar-refractivity contribution in [2.24, 2.45) is 5.41 Å². The van der Waals surface area contributed by atoms with Crippen molar-refractivity contribution in [3.8, 4) is 11.1 Å². The number of carbonyl (C=O) groups excluding carboxylic acids is 2. The van der Waals surface area contributed by atoms with Crippen molar-refractivity contribution in [1.29, 1.82) is 0 Å². The van der Waals surface area contributed by atoms with Crippen LogP contribution in [0.3, 0.4) is 0 Å². The van der Waals surface area contributed by atoms with E-state index in [1.165, 1.54) is 24.3 Å². The molecular formula is C41H42FN3O8. The van der Waals surface area contributed by atoms with E-state index >= 15 is 0 Å². The van der Waals surface area contributed by atoms with Gasteiger partial charge in [0.25, 0.3) is 0 Å². The fourth-order valence-electron chi connectivity index (χ4n) is 7.95. The smallest absolute Gasteiger partial charge is 0.335 e. The number of carboxylic acid groups (broad SMARTS) is 1. The lowest BCUT2D eigenvalue weighted by Crippen LogP contribution is -2.66. The fourth-order valence-corrected chi connectivity index (χ4v) is 7.95. The number of amides is 3. The van der Waals surface area contributed by atoms with Crippen LogP contribution in [0.1, 0.15) is 52.9 Å². The van der Waals surface area contributed by atoms with Crippen LogP contribution in [0.5, 0.6) is 0 Å². The van der Waals surface area contributed by atoms with Crippen molar-refractivity contribution in [2.45, 2.75) is 69.3 Å². The Morgan fingerprint density at radius 1 is 0.849 bits per heavy atom. The van der Waals surface area contributed by atoms with E-state index in [0.717, 1.165) is 27.8 Å². The summed E-state index contributed by atoms with van der Waals surface area (Å²) in [5, 5.41) is 43.1. The highest BCUT2D eigenvalue weighted by Crippen LogP contribution is 2.56. The average molecular weight is 724 g/mol. The van der Waals surface area contributed by atoms with Crippen LogP contribution in [-0.4, -0.2) is 91.7 Å². The molecule has 1 spiro atoms. The summed E-state index contributed by atoms with van der Waals surface area (Å²) in [6.07, 6.45) is -3.78. The molecule has 276 valence electrons. The van der Waals surface area contributed by atoms with Gasteiger partial charge in [-0.05, 0) is 84.0 Å². The number of aliphatic hydroxyl groups is 3. The van der Waals surface area contributed by atoms with E-state index in [0.29, 0.717) is 44.6 Å². The number of halogens is 1. The van der Waals surface area contributed by atoms with Crippen LogP contribution in [0.25, 0.3) is 11.1 Å². The number of urea groups is 1. The van der Waals surface area contributed by atoms with Crippen LogP contribution in [0.15, 0.2) is 97.1 Å². The van der Waals surface area contributed by atoms with Crippen LogP contribution < -0.4 is 5.32 Å². The first kappa shape index (κ1) is 36.2. The number of nitrogens with one attached hydrogen (secondary N) is 1. The SMILES string of the molecule is CC1OC(Cc2ccc(CN3C(=O)C4(CCN(C(=O)Nc5ccc(F)cc5)CC4)C3c3ccc(-c4cccc(C(=O)O)c4)cc3)cc2)C(O)C(O)C1O. The predicted molar refractivity (Wildman–Crippen MR) is 193 cm³/mol. The topological polar surface area (TPSA) is 160 Å². The molecule has 0 saturated carbocycles. The number of hydrogen-bond donors (Lipinski definition) is 5. The Labute approximate surface area is 306 Å². The highest BCUT2D eigenvalue weighted by atomic mass is 19.1. The van der Waals surface area contributed by atoms with Crippen LogP contribution >= 0.6 is 0 Å². The number of hydrogen-bond acceptors (Lipinski definition) is 7. The molecule has 0 bridgehead atoms. The Morgan fingerprint density at radius 3 is 2.17 bits per heavy atom. The van der Waals surface area contributed by atoms with Crippen molar-refractivity contribution < 1.29 is 43.9 Å². The van der Waals surface area contributed by atoms with Crippen LogP contribution in [0, 0.1) is 11.2 Å².